The summed E-state index contributed by atoms with van der Waals surface area (Å²) in [5, 5.41) is 11.7. The molecule has 0 heterocycles. The molecule has 0 aliphatic carbocycles. The highest BCUT2D eigenvalue weighted by atomic mass is 16.5. The van der Waals surface area contributed by atoms with Gasteiger partial charge >= 0.3 is 5.97 Å². The van der Waals surface area contributed by atoms with Crippen LogP contribution in [0.2, 0.25) is 0 Å². The van der Waals surface area contributed by atoms with E-state index in [1.54, 1.807) is 12.1 Å². The molecule has 0 aromatic heterocycles. The molecule has 0 saturated heterocycles. The van der Waals surface area contributed by atoms with Gasteiger partial charge in [0.1, 0.15) is 5.75 Å². The number of ether oxygens (including phenoxy) is 1. The fourth-order valence-corrected chi connectivity index (χ4v) is 2.13. The Hall–Kier alpha value is -2.82. The number of hydrogen-bond donors (Lipinski definition) is 2. The van der Waals surface area contributed by atoms with Gasteiger partial charge < -0.3 is 15.2 Å². The smallest absolute Gasteiger partial charge is 0.335 e. The third-order valence-corrected chi connectivity index (χ3v) is 3.68. The van der Waals surface area contributed by atoms with E-state index in [2.05, 4.69) is 5.32 Å². The SMILES string of the molecule is CC(CCOc1ccccc1)C(=O)NCc1ccc(C(=O)O)cc1. The van der Waals surface area contributed by atoms with Crippen LogP contribution in [0.15, 0.2) is 54.6 Å². The van der Waals surface area contributed by atoms with Crippen molar-refractivity contribution >= 4 is 11.9 Å². The fraction of sp³-hybridized carbons (Fsp3) is 0.263. The molecule has 0 saturated carbocycles. The van der Waals surface area contributed by atoms with Gasteiger partial charge in [-0.1, -0.05) is 37.3 Å². The van der Waals surface area contributed by atoms with Crippen LogP contribution in [0.1, 0.15) is 29.3 Å². The van der Waals surface area contributed by atoms with Crippen LogP contribution in [0, 0.1) is 5.92 Å². The van der Waals surface area contributed by atoms with Crippen molar-refractivity contribution in [2.45, 2.75) is 19.9 Å². The van der Waals surface area contributed by atoms with Gasteiger partial charge in [-0.2, -0.15) is 0 Å². The van der Waals surface area contributed by atoms with E-state index in [-0.39, 0.29) is 17.4 Å². The van der Waals surface area contributed by atoms with Crippen molar-refractivity contribution in [3.8, 4) is 5.75 Å². The zero-order valence-electron chi connectivity index (χ0n) is 13.6. The van der Waals surface area contributed by atoms with Gasteiger partial charge in [0.25, 0.3) is 0 Å². The number of amides is 1. The highest BCUT2D eigenvalue weighted by Gasteiger charge is 2.12. The van der Waals surface area contributed by atoms with Gasteiger partial charge in [0.2, 0.25) is 5.91 Å². The first-order valence-electron chi connectivity index (χ1n) is 7.84. The molecule has 5 nitrogen and oxygen atoms in total. The molecule has 126 valence electrons. The first-order chi connectivity index (χ1) is 11.6. The quantitative estimate of drug-likeness (QED) is 0.781. The predicted octanol–water partition coefficient (Wildman–Crippen LogP) is 3.11. The Balaban J connectivity index is 1.72. The maximum absolute atomic E-state index is 12.1. The lowest BCUT2D eigenvalue weighted by molar-refractivity contribution is -0.125. The van der Waals surface area contributed by atoms with E-state index in [1.807, 2.05) is 37.3 Å². The molecular formula is C19H21NO4. The van der Waals surface area contributed by atoms with Crippen molar-refractivity contribution in [2.75, 3.05) is 6.61 Å². The number of carbonyl (C=O) groups is 2. The van der Waals surface area contributed by atoms with Gasteiger partial charge in [0.15, 0.2) is 0 Å². The maximum atomic E-state index is 12.1. The number of para-hydroxylation sites is 1. The van der Waals surface area contributed by atoms with Crippen LogP contribution < -0.4 is 10.1 Å². The molecule has 0 fully saturated rings. The lowest BCUT2D eigenvalue weighted by Crippen LogP contribution is -2.29. The minimum absolute atomic E-state index is 0.0472. The molecule has 0 bridgehead atoms. The predicted molar refractivity (Wildman–Crippen MR) is 91.0 cm³/mol. The van der Waals surface area contributed by atoms with Crippen molar-refractivity contribution in [3.63, 3.8) is 0 Å². The topological polar surface area (TPSA) is 75.6 Å². The zero-order chi connectivity index (χ0) is 17.4. The number of aromatic carboxylic acids is 1. The van der Waals surface area contributed by atoms with E-state index in [4.69, 9.17) is 9.84 Å². The lowest BCUT2D eigenvalue weighted by atomic mass is 10.1. The fourth-order valence-electron chi connectivity index (χ4n) is 2.13. The number of carboxylic acids is 1. The normalized spacial score (nSPS) is 11.5. The Kier molecular flexibility index (Phi) is 6.37. The largest absolute Gasteiger partial charge is 0.494 e. The molecule has 24 heavy (non-hydrogen) atoms. The van der Waals surface area contributed by atoms with Crippen molar-refractivity contribution < 1.29 is 19.4 Å². The van der Waals surface area contributed by atoms with Crippen LogP contribution in [0.25, 0.3) is 0 Å². The molecule has 0 aliphatic rings. The number of benzene rings is 2. The monoisotopic (exact) mass is 327 g/mol. The van der Waals surface area contributed by atoms with Gasteiger partial charge in [-0.05, 0) is 36.2 Å². The van der Waals surface area contributed by atoms with Crippen LogP contribution in [0.4, 0.5) is 0 Å². The third kappa shape index (κ3) is 5.43. The highest BCUT2D eigenvalue weighted by Crippen LogP contribution is 2.11. The summed E-state index contributed by atoms with van der Waals surface area (Å²) >= 11 is 0. The molecule has 1 amide bonds. The molecule has 0 radical (unpaired) electrons. The van der Waals surface area contributed by atoms with E-state index in [1.165, 1.54) is 12.1 Å². The average molecular weight is 327 g/mol. The van der Waals surface area contributed by atoms with E-state index in [9.17, 15) is 9.59 Å². The Morgan fingerprint density at radius 1 is 1.08 bits per heavy atom. The van der Waals surface area contributed by atoms with Crippen LogP contribution in [-0.4, -0.2) is 23.6 Å². The summed E-state index contributed by atoms with van der Waals surface area (Å²) in [7, 11) is 0. The average Bonchev–Trinajstić information content (AvgIpc) is 2.60. The Morgan fingerprint density at radius 2 is 1.75 bits per heavy atom. The molecular weight excluding hydrogens is 306 g/mol. The number of carbonyl (C=O) groups excluding carboxylic acids is 1. The van der Waals surface area contributed by atoms with E-state index >= 15 is 0 Å². The van der Waals surface area contributed by atoms with Crippen molar-refractivity contribution in [1.29, 1.82) is 0 Å². The standard InChI is InChI=1S/C19H21NO4/c1-14(11-12-24-17-5-3-2-4-6-17)18(21)20-13-15-7-9-16(10-8-15)19(22)23/h2-10,14H,11-13H2,1H3,(H,20,21)(H,22,23). The molecule has 2 rings (SSSR count). The minimum Gasteiger partial charge on any atom is -0.494 e. The summed E-state index contributed by atoms with van der Waals surface area (Å²) in [5.41, 5.74) is 1.09. The van der Waals surface area contributed by atoms with E-state index < -0.39 is 5.97 Å². The van der Waals surface area contributed by atoms with Crippen molar-refractivity contribution in [2.24, 2.45) is 5.92 Å². The third-order valence-electron chi connectivity index (χ3n) is 3.68. The molecule has 1 unspecified atom stereocenters. The first-order valence-corrected chi connectivity index (χ1v) is 7.84. The van der Waals surface area contributed by atoms with Crippen LogP contribution in [-0.2, 0) is 11.3 Å². The summed E-state index contributed by atoms with van der Waals surface area (Å²) in [6, 6.07) is 16.0. The molecule has 0 aliphatic heterocycles. The number of nitrogens with one attached hydrogen (secondary N) is 1. The van der Waals surface area contributed by atoms with Crippen molar-refractivity contribution in [3.05, 3.63) is 65.7 Å². The van der Waals surface area contributed by atoms with Crippen LogP contribution in [0.3, 0.4) is 0 Å². The maximum Gasteiger partial charge on any atom is 0.335 e. The van der Waals surface area contributed by atoms with Gasteiger partial charge in [0.05, 0.1) is 12.2 Å². The second-order valence-electron chi connectivity index (χ2n) is 5.57. The molecule has 1 atom stereocenters. The van der Waals surface area contributed by atoms with Gasteiger partial charge in [-0.3, -0.25) is 4.79 Å². The highest BCUT2D eigenvalue weighted by molar-refractivity contribution is 5.87. The Morgan fingerprint density at radius 3 is 2.38 bits per heavy atom. The summed E-state index contributed by atoms with van der Waals surface area (Å²) in [6.07, 6.45) is 0.624. The molecule has 0 spiro atoms. The van der Waals surface area contributed by atoms with E-state index in [0.717, 1.165) is 11.3 Å². The van der Waals surface area contributed by atoms with Crippen molar-refractivity contribution in [1.82, 2.24) is 5.32 Å². The molecule has 2 N–H and O–H groups in total. The number of rotatable bonds is 8. The van der Waals surface area contributed by atoms with Gasteiger partial charge in [-0.15, -0.1) is 0 Å². The minimum atomic E-state index is -0.961. The van der Waals surface area contributed by atoms with Crippen LogP contribution in [0.5, 0.6) is 5.75 Å². The summed E-state index contributed by atoms with van der Waals surface area (Å²) in [5.74, 6) is -0.373. The first kappa shape index (κ1) is 17.5. The number of hydrogen-bond acceptors (Lipinski definition) is 3. The number of carboxylic acid groups (broad SMARTS) is 1. The Labute approximate surface area is 141 Å². The summed E-state index contributed by atoms with van der Waals surface area (Å²) < 4.78 is 5.59. The van der Waals surface area contributed by atoms with E-state index in [0.29, 0.717) is 19.6 Å². The second-order valence-corrected chi connectivity index (χ2v) is 5.57. The van der Waals surface area contributed by atoms with Gasteiger partial charge in [0, 0.05) is 12.5 Å². The van der Waals surface area contributed by atoms with Crippen LogP contribution >= 0.6 is 0 Å². The van der Waals surface area contributed by atoms with Gasteiger partial charge in [-0.25, -0.2) is 4.79 Å². The summed E-state index contributed by atoms with van der Waals surface area (Å²) in [6.45, 7) is 2.71. The molecule has 2 aromatic rings. The lowest BCUT2D eigenvalue weighted by Gasteiger charge is -2.13. The molecule has 2 aromatic carbocycles. The Bertz CT molecular complexity index is 668. The zero-order valence-corrected chi connectivity index (χ0v) is 13.6. The molecule has 5 heteroatoms. The summed E-state index contributed by atoms with van der Waals surface area (Å²) in [4.78, 5) is 22.9. The second kappa shape index (κ2) is 8.72.